The Kier molecular flexibility index (Phi) is 4.04. The van der Waals surface area contributed by atoms with E-state index < -0.39 is 17.2 Å². The molecule has 20 heavy (non-hydrogen) atoms. The molecule has 1 atom stereocenters. The van der Waals surface area contributed by atoms with Crippen molar-refractivity contribution in [3.63, 3.8) is 0 Å². The highest BCUT2D eigenvalue weighted by atomic mass is 19.1. The normalized spacial score (nSPS) is 13.8. The molecular weight excluding hydrogens is 260 g/mol. The SMILES string of the molecule is Cc1cccc(NC(C)(CO)c2ccc(F)cc2F)c1. The number of benzene rings is 2. The van der Waals surface area contributed by atoms with Crippen LogP contribution in [0, 0.1) is 18.6 Å². The van der Waals surface area contributed by atoms with E-state index in [1.807, 2.05) is 31.2 Å². The third kappa shape index (κ3) is 2.96. The van der Waals surface area contributed by atoms with Gasteiger partial charge in [-0.15, -0.1) is 0 Å². The van der Waals surface area contributed by atoms with Gasteiger partial charge in [-0.1, -0.05) is 18.2 Å². The molecule has 0 fully saturated rings. The van der Waals surface area contributed by atoms with Crippen LogP contribution in [-0.4, -0.2) is 11.7 Å². The first-order valence-corrected chi connectivity index (χ1v) is 6.36. The summed E-state index contributed by atoms with van der Waals surface area (Å²) >= 11 is 0. The number of anilines is 1. The van der Waals surface area contributed by atoms with Crippen LogP contribution in [0.3, 0.4) is 0 Å². The first-order valence-electron chi connectivity index (χ1n) is 6.36. The highest BCUT2D eigenvalue weighted by molar-refractivity contribution is 5.49. The first kappa shape index (κ1) is 14.5. The minimum absolute atomic E-state index is 0.225. The number of aliphatic hydroxyl groups is 1. The second-order valence-corrected chi connectivity index (χ2v) is 5.11. The molecule has 2 rings (SSSR count). The van der Waals surface area contributed by atoms with E-state index in [-0.39, 0.29) is 12.2 Å². The summed E-state index contributed by atoms with van der Waals surface area (Å²) in [6.07, 6.45) is 0. The fourth-order valence-corrected chi connectivity index (χ4v) is 2.17. The fourth-order valence-electron chi connectivity index (χ4n) is 2.17. The van der Waals surface area contributed by atoms with Gasteiger partial charge in [-0.2, -0.15) is 0 Å². The van der Waals surface area contributed by atoms with Crippen LogP contribution in [-0.2, 0) is 5.54 Å². The second-order valence-electron chi connectivity index (χ2n) is 5.11. The zero-order chi connectivity index (χ0) is 14.8. The van der Waals surface area contributed by atoms with Gasteiger partial charge in [0.1, 0.15) is 11.6 Å². The molecular formula is C16H17F2NO. The standard InChI is InChI=1S/C16H17F2NO/c1-11-4-3-5-13(8-11)19-16(2,10-20)14-7-6-12(17)9-15(14)18/h3-9,19-20H,10H2,1-2H3. The third-order valence-corrected chi connectivity index (χ3v) is 3.28. The van der Waals surface area contributed by atoms with Crippen LogP contribution in [0.25, 0.3) is 0 Å². The topological polar surface area (TPSA) is 32.3 Å². The van der Waals surface area contributed by atoms with E-state index in [0.717, 1.165) is 17.3 Å². The molecule has 4 heteroatoms. The number of aliphatic hydroxyl groups excluding tert-OH is 1. The summed E-state index contributed by atoms with van der Waals surface area (Å²) in [6, 6.07) is 10.9. The fraction of sp³-hybridized carbons (Fsp3) is 0.250. The largest absolute Gasteiger partial charge is 0.394 e. The van der Waals surface area contributed by atoms with Crippen LogP contribution in [0.4, 0.5) is 14.5 Å². The van der Waals surface area contributed by atoms with Gasteiger partial charge in [0.25, 0.3) is 0 Å². The molecule has 0 amide bonds. The molecule has 0 spiro atoms. The molecule has 2 aromatic carbocycles. The summed E-state index contributed by atoms with van der Waals surface area (Å²) in [5.74, 6) is -1.32. The summed E-state index contributed by atoms with van der Waals surface area (Å²) in [6.45, 7) is 3.30. The average Bonchev–Trinajstić information content (AvgIpc) is 2.38. The van der Waals surface area contributed by atoms with Crippen LogP contribution in [0.5, 0.6) is 0 Å². The Morgan fingerprint density at radius 1 is 1.15 bits per heavy atom. The number of hydrogen-bond donors (Lipinski definition) is 2. The number of rotatable bonds is 4. The molecule has 0 heterocycles. The van der Waals surface area contributed by atoms with Crippen molar-refractivity contribution < 1.29 is 13.9 Å². The maximum Gasteiger partial charge on any atom is 0.131 e. The lowest BCUT2D eigenvalue weighted by atomic mass is 9.91. The Hall–Kier alpha value is -1.94. The lowest BCUT2D eigenvalue weighted by Crippen LogP contribution is -2.36. The molecule has 2 N–H and O–H groups in total. The maximum absolute atomic E-state index is 13.9. The van der Waals surface area contributed by atoms with Crippen molar-refractivity contribution in [3.05, 3.63) is 65.2 Å². The molecule has 0 saturated carbocycles. The molecule has 0 radical (unpaired) electrons. The molecule has 106 valence electrons. The van der Waals surface area contributed by atoms with Gasteiger partial charge < -0.3 is 10.4 Å². The molecule has 2 aromatic rings. The van der Waals surface area contributed by atoms with E-state index in [1.54, 1.807) is 6.92 Å². The molecule has 0 aliphatic carbocycles. The van der Waals surface area contributed by atoms with Crippen LogP contribution < -0.4 is 5.32 Å². The van der Waals surface area contributed by atoms with Gasteiger partial charge in [0.15, 0.2) is 0 Å². The predicted molar refractivity (Wildman–Crippen MR) is 75.6 cm³/mol. The van der Waals surface area contributed by atoms with Crippen molar-refractivity contribution >= 4 is 5.69 Å². The summed E-state index contributed by atoms with van der Waals surface area (Å²) < 4.78 is 26.9. The van der Waals surface area contributed by atoms with Crippen LogP contribution in [0.1, 0.15) is 18.1 Å². The Morgan fingerprint density at radius 2 is 1.90 bits per heavy atom. The van der Waals surface area contributed by atoms with E-state index in [0.29, 0.717) is 0 Å². The zero-order valence-corrected chi connectivity index (χ0v) is 11.5. The lowest BCUT2D eigenvalue weighted by molar-refractivity contribution is 0.220. The van der Waals surface area contributed by atoms with Gasteiger partial charge in [0.05, 0.1) is 12.1 Å². The Balaban J connectivity index is 2.38. The summed E-state index contributed by atoms with van der Waals surface area (Å²) in [5.41, 5.74) is 1.02. The molecule has 0 aromatic heterocycles. The van der Waals surface area contributed by atoms with Crippen molar-refractivity contribution in [3.8, 4) is 0 Å². The van der Waals surface area contributed by atoms with Gasteiger partial charge in [0.2, 0.25) is 0 Å². The average molecular weight is 277 g/mol. The Morgan fingerprint density at radius 3 is 2.50 bits per heavy atom. The van der Waals surface area contributed by atoms with Crippen molar-refractivity contribution in [2.45, 2.75) is 19.4 Å². The van der Waals surface area contributed by atoms with E-state index in [2.05, 4.69) is 5.32 Å². The van der Waals surface area contributed by atoms with Gasteiger partial charge >= 0.3 is 0 Å². The Labute approximate surface area is 117 Å². The number of halogens is 2. The van der Waals surface area contributed by atoms with Gasteiger partial charge in [0, 0.05) is 17.3 Å². The molecule has 0 bridgehead atoms. The molecule has 0 saturated heterocycles. The maximum atomic E-state index is 13.9. The van der Waals surface area contributed by atoms with E-state index in [9.17, 15) is 13.9 Å². The van der Waals surface area contributed by atoms with Gasteiger partial charge in [-0.25, -0.2) is 8.78 Å². The van der Waals surface area contributed by atoms with E-state index in [1.165, 1.54) is 12.1 Å². The van der Waals surface area contributed by atoms with E-state index >= 15 is 0 Å². The smallest absolute Gasteiger partial charge is 0.131 e. The summed E-state index contributed by atoms with van der Waals surface area (Å²) in [7, 11) is 0. The molecule has 0 aliphatic rings. The first-order chi connectivity index (χ1) is 9.44. The quantitative estimate of drug-likeness (QED) is 0.895. The van der Waals surface area contributed by atoms with E-state index in [4.69, 9.17) is 0 Å². The molecule has 2 nitrogen and oxygen atoms in total. The molecule has 1 unspecified atom stereocenters. The predicted octanol–water partition coefficient (Wildman–Crippen LogP) is 3.59. The zero-order valence-electron chi connectivity index (χ0n) is 11.5. The van der Waals surface area contributed by atoms with Gasteiger partial charge in [-0.05, 0) is 37.6 Å². The number of hydrogen-bond acceptors (Lipinski definition) is 2. The minimum atomic E-state index is -1.02. The number of nitrogens with one attached hydrogen (secondary N) is 1. The second kappa shape index (κ2) is 5.59. The summed E-state index contributed by atoms with van der Waals surface area (Å²) in [5, 5.41) is 12.8. The Bertz CT molecular complexity index is 615. The number of aryl methyl sites for hydroxylation is 1. The van der Waals surface area contributed by atoms with Crippen molar-refractivity contribution in [2.24, 2.45) is 0 Å². The van der Waals surface area contributed by atoms with Crippen molar-refractivity contribution in [2.75, 3.05) is 11.9 Å². The monoisotopic (exact) mass is 277 g/mol. The minimum Gasteiger partial charge on any atom is -0.394 e. The molecule has 0 aliphatic heterocycles. The lowest BCUT2D eigenvalue weighted by Gasteiger charge is -2.31. The highest BCUT2D eigenvalue weighted by Crippen LogP contribution is 2.28. The third-order valence-electron chi connectivity index (χ3n) is 3.28. The van der Waals surface area contributed by atoms with Crippen LogP contribution >= 0.6 is 0 Å². The van der Waals surface area contributed by atoms with Crippen molar-refractivity contribution in [1.82, 2.24) is 0 Å². The van der Waals surface area contributed by atoms with Gasteiger partial charge in [-0.3, -0.25) is 0 Å². The van der Waals surface area contributed by atoms with Crippen LogP contribution in [0.15, 0.2) is 42.5 Å². The van der Waals surface area contributed by atoms with Crippen LogP contribution in [0.2, 0.25) is 0 Å². The summed E-state index contributed by atoms with van der Waals surface area (Å²) in [4.78, 5) is 0. The van der Waals surface area contributed by atoms with Crippen molar-refractivity contribution in [1.29, 1.82) is 0 Å². The highest BCUT2D eigenvalue weighted by Gasteiger charge is 2.29.